The average molecular weight is 726 g/mol. The van der Waals surface area contributed by atoms with Crippen molar-refractivity contribution in [1.29, 1.82) is 0 Å². The topological polar surface area (TPSA) is 566 Å². The van der Waals surface area contributed by atoms with Crippen LogP contribution in [-0.2, 0) is 25.0 Å². The second-order valence-electron chi connectivity index (χ2n) is 6.27. The maximum atomic E-state index is 11.8. The molecular weight excluding hydrogens is 688 g/mol. The molecule has 258 valence electrons. The van der Waals surface area contributed by atoms with Crippen LogP contribution in [0, 0.1) is 0 Å². The van der Waals surface area contributed by atoms with Crippen molar-refractivity contribution in [3.63, 3.8) is 0 Å². The van der Waals surface area contributed by atoms with E-state index in [4.69, 9.17) is 0 Å². The van der Waals surface area contributed by atoms with Crippen LogP contribution in [0.4, 0.5) is 17.1 Å². The van der Waals surface area contributed by atoms with Gasteiger partial charge in [0, 0.05) is 12.3 Å². The van der Waals surface area contributed by atoms with Gasteiger partial charge in [0.05, 0.1) is 21.2 Å². The molecule has 26 N–H and O–H groups in total. The molecule has 0 saturated carbocycles. The van der Waals surface area contributed by atoms with Crippen LogP contribution in [0.5, 0.6) is 5.75 Å². The van der Waals surface area contributed by atoms with E-state index in [0.717, 1.165) is 25.1 Å². The summed E-state index contributed by atoms with van der Waals surface area (Å²) in [6.45, 7) is 1.09. The van der Waals surface area contributed by atoms with Gasteiger partial charge < -0.3 is 85.2 Å². The number of carbonyl (C=O) groups is 1. The molecule has 0 aliphatic carbocycles. The Kier molecular flexibility index (Phi) is 54.0. The number of rotatable bonds is 5. The van der Waals surface area contributed by atoms with Gasteiger partial charge in [0.2, 0.25) is 5.91 Å². The van der Waals surface area contributed by atoms with E-state index in [2.05, 4.69) is 15.5 Å². The van der Waals surface area contributed by atoms with E-state index >= 15 is 0 Å². The van der Waals surface area contributed by atoms with Crippen molar-refractivity contribution >= 4 is 54.0 Å². The van der Waals surface area contributed by atoms with Crippen LogP contribution in [0.1, 0.15) is 6.92 Å². The molecule has 0 radical (unpaired) electrons. The zero-order chi connectivity index (χ0) is 23.0. The van der Waals surface area contributed by atoms with Crippen molar-refractivity contribution in [3.8, 4) is 5.75 Å². The predicted octanol–water partition coefficient (Wildman–Crippen LogP) is -13.2. The van der Waals surface area contributed by atoms with E-state index in [9.17, 15) is 35.8 Å². The Balaban J connectivity index is -0.0000000778. The number of phenols is 1. The summed E-state index contributed by atoms with van der Waals surface area (Å²) in [4.78, 5) is 9.74. The minimum atomic E-state index is -5.21. The number of hydrogen-bond acceptors (Lipinski definition) is 10. The standard InChI is InChI=1S/C18H15N3O8S2.2Na.12H2O/c1-10(22)19-14-9-13(30(24,25)26)7-11-8-15(31(27,28)29)17(18(23)16(11)14)21-20-12-5-3-2-4-6-12;;;;;;;;;;;;;;/h2-9,23H,1H3,(H,19,22)(H,24,25,26)(H,27,28,29);;;12*1H2/q;2*+1;;;;;;;;;;;;/p-2. The summed E-state index contributed by atoms with van der Waals surface area (Å²) in [5, 5.41) is 19.9. The molecule has 0 saturated heterocycles. The molecule has 3 rings (SSSR count). The summed E-state index contributed by atoms with van der Waals surface area (Å²) in [6.07, 6.45) is 0. The Hall–Kier alpha value is -1.87. The van der Waals surface area contributed by atoms with Crippen molar-refractivity contribution in [1.82, 2.24) is 0 Å². The van der Waals surface area contributed by atoms with E-state index in [1.54, 1.807) is 18.2 Å². The number of hydrogen-bond donors (Lipinski definition) is 2. The Morgan fingerprint density at radius 2 is 1.16 bits per heavy atom. The van der Waals surface area contributed by atoms with Gasteiger partial charge >= 0.3 is 59.1 Å². The minimum absolute atomic E-state index is 0. The van der Waals surface area contributed by atoms with Crippen LogP contribution in [0.3, 0.4) is 0 Å². The van der Waals surface area contributed by atoms with Crippen LogP contribution >= 0.6 is 0 Å². The summed E-state index contributed by atoms with van der Waals surface area (Å²) < 4.78 is 69.8. The van der Waals surface area contributed by atoms with Gasteiger partial charge in [-0.05, 0) is 35.7 Å². The van der Waals surface area contributed by atoms with E-state index < -0.39 is 47.4 Å². The fraction of sp³-hybridized carbons (Fsp3) is 0.0556. The van der Waals surface area contributed by atoms with Gasteiger partial charge in [0.1, 0.15) is 25.9 Å². The maximum absolute atomic E-state index is 11.8. The van der Waals surface area contributed by atoms with Crippen molar-refractivity contribution in [2.45, 2.75) is 16.7 Å². The van der Waals surface area contributed by atoms with E-state index in [1.807, 2.05) is 0 Å². The van der Waals surface area contributed by atoms with Gasteiger partial charge in [-0.3, -0.25) is 4.79 Å². The van der Waals surface area contributed by atoms with Gasteiger partial charge in [-0.15, -0.1) is 5.11 Å². The molecule has 0 aliphatic rings. The number of phenolic OH excluding ortho intramolecular Hbond substituents is 1. The van der Waals surface area contributed by atoms with E-state index in [-0.39, 0.29) is 147 Å². The number of carbonyl (C=O) groups excluding carboxylic acids is 1. The summed E-state index contributed by atoms with van der Waals surface area (Å²) in [5.74, 6) is -1.53. The number of aromatic hydroxyl groups is 1. The van der Waals surface area contributed by atoms with Crippen LogP contribution in [-0.4, -0.2) is 103 Å². The monoisotopic (exact) mass is 725 g/mol. The number of nitrogens with one attached hydrogen (secondary N) is 1. The second kappa shape index (κ2) is 30.8. The number of azo groups is 1. The molecule has 3 aromatic carbocycles. The molecule has 0 aliphatic heterocycles. The first-order chi connectivity index (χ1) is 14.4. The van der Waals surface area contributed by atoms with Crippen molar-refractivity contribution in [2.75, 3.05) is 5.32 Å². The average Bonchev–Trinajstić information content (AvgIpc) is 2.65. The van der Waals surface area contributed by atoms with Gasteiger partial charge in [0.25, 0.3) is 0 Å². The molecule has 0 atom stereocenters. The van der Waals surface area contributed by atoms with Gasteiger partial charge in [-0.2, -0.15) is 5.11 Å². The zero-order valence-corrected chi connectivity index (χ0v) is 29.3. The smallest absolute Gasteiger partial charge is 0.744 e. The quantitative estimate of drug-likeness (QED) is 0.144. The van der Waals surface area contributed by atoms with Gasteiger partial charge in [-0.25, -0.2) is 16.8 Å². The molecule has 0 bridgehead atoms. The van der Waals surface area contributed by atoms with Crippen LogP contribution < -0.4 is 64.4 Å². The molecule has 45 heavy (non-hydrogen) atoms. The summed E-state index contributed by atoms with van der Waals surface area (Å²) in [7, 11) is -10.2. The second-order valence-corrected chi connectivity index (χ2v) is 8.99. The number of nitrogens with zero attached hydrogens (tertiary/aromatic N) is 2. The number of fused-ring (bicyclic) bond motifs is 1. The van der Waals surface area contributed by atoms with Crippen LogP contribution in [0.2, 0.25) is 0 Å². The van der Waals surface area contributed by atoms with E-state index in [0.29, 0.717) is 0 Å². The SMILES string of the molecule is CC(=O)Nc1cc(S(=O)(=O)[O-])cc2cc(S(=O)(=O)[O-])c(N=Nc3ccccc3)c(O)c12.O.O.O.O.O.O.O.O.O.O.O.O.[Na+].[Na+]. The van der Waals surface area contributed by atoms with Gasteiger partial charge in [0.15, 0.2) is 5.75 Å². The van der Waals surface area contributed by atoms with E-state index in [1.165, 1.54) is 12.1 Å². The van der Waals surface area contributed by atoms with Crippen LogP contribution in [0.25, 0.3) is 10.8 Å². The van der Waals surface area contributed by atoms with Crippen molar-refractivity contribution in [3.05, 3.63) is 48.5 Å². The molecule has 0 fully saturated rings. The zero-order valence-electron chi connectivity index (χ0n) is 23.6. The third-order valence-corrected chi connectivity index (χ3v) is 5.68. The fourth-order valence-electron chi connectivity index (χ4n) is 2.78. The van der Waals surface area contributed by atoms with Crippen molar-refractivity contribution in [2.24, 2.45) is 10.2 Å². The fourth-order valence-corrected chi connectivity index (χ4v) is 3.96. The molecule has 0 heterocycles. The molecule has 0 spiro atoms. The Morgan fingerprint density at radius 3 is 1.53 bits per heavy atom. The van der Waals surface area contributed by atoms with Gasteiger partial charge in [-0.1, -0.05) is 18.2 Å². The van der Waals surface area contributed by atoms with Crippen molar-refractivity contribution < 1.29 is 161 Å². The number of benzene rings is 3. The normalized spacial score (nSPS) is 8.51. The number of anilines is 1. The summed E-state index contributed by atoms with van der Waals surface area (Å²) in [6, 6.07) is 10.3. The maximum Gasteiger partial charge on any atom is 1.00 e. The molecule has 1 amide bonds. The Bertz CT molecular complexity index is 1460. The molecular formula is C18H37N3Na2O20S2. The third kappa shape index (κ3) is 19.4. The summed E-state index contributed by atoms with van der Waals surface area (Å²) >= 11 is 0. The molecule has 27 heteroatoms. The molecule has 3 aromatic rings. The minimum Gasteiger partial charge on any atom is -0.744 e. The first-order valence-electron chi connectivity index (χ1n) is 8.38. The largest absolute Gasteiger partial charge is 1.00 e. The summed E-state index contributed by atoms with van der Waals surface area (Å²) in [5.41, 5.74) is -0.732. The molecule has 0 unspecified atom stereocenters. The van der Waals surface area contributed by atoms with Crippen LogP contribution in [0.15, 0.2) is 68.6 Å². The number of amides is 1. The third-order valence-electron chi connectivity index (χ3n) is 4.01. The Labute approximate surface area is 299 Å². The molecule has 23 nitrogen and oxygen atoms in total. The Morgan fingerprint density at radius 1 is 0.711 bits per heavy atom. The first-order valence-corrected chi connectivity index (χ1v) is 11.2. The molecule has 0 aromatic heterocycles. The first kappa shape index (κ1) is 79.0. The predicted molar refractivity (Wildman–Crippen MR) is 150 cm³/mol.